The number of amides is 1. The minimum atomic E-state index is 0.266. The maximum absolute atomic E-state index is 11.1. The minimum absolute atomic E-state index is 0.266. The van der Waals surface area contributed by atoms with Crippen molar-refractivity contribution in [1.29, 1.82) is 0 Å². The summed E-state index contributed by atoms with van der Waals surface area (Å²) >= 11 is 0. The molecule has 0 spiro atoms. The van der Waals surface area contributed by atoms with Crippen molar-refractivity contribution in [3.8, 4) is 0 Å². The number of hydrogen-bond acceptors (Lipinski definition) is 2. The van der Waals surface area contributed by atoms with Gasteiger partial charge in [-0.3, -0.25) is 9.69 Å². The molecule has 0 aliphatic carbocycles. The fourth-order valence-electron chi connectivity index (χ4n) is 1.11. The Morgan fingerprint density at radius 2 is 1.77 bits per heavy atom. The Hall–Kier alpha value is -0.570. The van der Waals surface area contributed by atoms with Crippen LogP contribution < -0.4 is 0 Å². The number of carbonyl (C=O) groups is 1. The molecule has 1 heterocycles. The van der Waals surface area contributed by atoms with E-state index in [1.54, 1.807) is 0 Å². The van der Waals surface area contributed by atoms with Crippen LogP contribution in [-0.2, 0) is 4.79 Å². The zero-order chi connectivity index (χ0) is 10.4. The quantitative estimate of drug-likeness (QED) is 0.657. The third-order valence-electron chi connectivity index (χ3n) is 2.09. The molecule has 0 N–H and O–H groups in total. The van der Waals surface area contributed by atoms with Crippen LogP contribution in [0.25, 0.3) is 0 Å². The molecule has 1 rings (SSSR count). The predicted octanol–water partition coefficient (Wildman–Crippen LogP) is 1.89. The first kappa shape index (κ1) is 12.4. The average Bonchev–Trinajstić information content (AvgIpc) is 2.04. The van der Waals surface area contributed by atoms with Crippen molar-refractivity contribution in [3.05, 3.63) is 0 Å². The SMILES string of the molecule is CC.CCC(=O)N1CN(C(C)C)C1. The van der Waals surface area contributed by atoms with Crippen LogP contribution in [0, 0.1) is 0 Å². The number of rotatable bonds is 2. The number of hydrogen-bond donors (Lipinski definition) is 0. The van der Waals surface area contributed by atoms with Crippen molar-refractivity contribution >= 4 is 5.91 Å². The van der Waals surface area contributed by atoms with Gasteiger partial charge in [0.1, 0.15) is 0 Å². The molecule has 1 fully saturated rings. The van der Waals surface area contributed by atoms with Crippen LogP contribution in [0.15, 0.2) is 0 Å². The highest BCUT2D eigenvalue weighted by atomic mass is 16.2. The molecule has 0 saturated carbocycles. The van der Waals surface area contributed by atoms with Crippen LogP contribution >= 0.6 is 0 Å². The molecule has 0 bridgehead atoms. The molecule has 3 nitrogen and oxygen atoms in total. The van der Waals surface area contributed by atoms with Crippen LogP contribution in [-0.4, -0.2) is 35.1 Å². The predicted molar refractivity (Wildman–Crippen MR) is 55.2 cm³/mol. The second-order valence-electron chi connectivity index (χ2n) is 3.25. The van der Waals surface area contributed by atoms with Gasteiger partial charge in [-0.15, -0.1) is 0 Å². The summed E-state index contributed by atoms with van der Waals surface area (Å²) in [6.45, 7) is 11.8. The van der Waals surface area contributed by atoms with Gasteiger partial charge in [0.2, 0.25) is 5.91 Å². The summed E-state index contributed by atoms with van der Waals surface area (Å²) in [6.07, 6.45) is 0.631. The maximum Gasteiger partial charge on any atom is 0.224 e. The number of nitrogens with zero attached hydrogens (tertiary/aromatic N) is 2. The van der Waals surface area contributed by atoms with Crippen molar-refractivity contribution in [2.45, 2.75) is 47.1 Å². The van der Waals surface area contributed by atoms with Crippen molar-refractivity contribution in [2.24, 2.45) is 0 Å². The van der Waals surface area contributed by atoms with Gasteiger partial charge in [-0.2, -0.15) is 0 Å². The highest BCUT2D eigenvalue weighted by Gasteiger charge is 2.28. The van der Waals surface area contributed by atoms with Gasteiger partial charge in [0.05, 0.1) is 13.3 Å². The van der Waals surface area contributed by atoms with Gasteiger partial charge in [0.15, 0.2) is 0 Å². The Bertz CT molecular complexity index is 151. The smallest absolute Gasteiger partial charge is 0.224 e. The first-order chi connectivity index (χ1) is 6.15. The van der Waals surface area contributed by atoms with Crippen LogP contribution in [0.2, 0.25) is 0 Å². The molecule has 0 aromatic heterocycles. The van der Waals surface area contributed by atoms with Crippen LogP contribution in [0.1, 0.15) is 41.0 Å². The first-order valence-corrected chi connectivity index (χ1v) is 5.17. The molecule has 1 aliphatic rings. The molecule has 13 heavy (non-hydrogen) atoms. The van der Waals surface area contributed by atoms with E-state index < -0.39 is 0 Å². The molecule has 0 aromatic carbocycles. The van der Waals surface area contributed by atoms with Gasteiger partial charge in [0.25, 0.3) is 0 Å². The van der Waals surface area contributed by atoms with Crippen molar-refractivity contribution in [1.82, 2.24) is 9.80 Å². The average molecular weight is 186 g/mol. The summed E-state index contributed by atoms with van der Waals surface area (Å²) in [7, 11) is 0. The summed E-state index contributed by atoms with van der Waals surface area (Å²) < 4.78 is 0. The topological polar surface area (TPSA) is 23.6 Å². The van der Waals surface area contributed by atoms with Crippen LogP contribution in [0.5, 0.6) is 0 Å². The van der Waals surface area contributed by atoms with Gasteiger partial charge in [0, 0.05) is 12.5 Å². The van der Waals surface area contributed by atoms with Crippen molar-refractivity contribution in [3.63, 3.8) is 0 Å². The molecule has 0 aromatic rings. The van der Waals surface area contributed by atoms with E-state index >= 15 is 0 Å². The zero-order valence-corrected chi connectivity index (χ0v) is 9.50. The summed E-state index contributed by atoms with van der Waals surface area (Å²) in [4.78, 5) is 15.2. The Morgan fingerprint density at radius 1 is 1.31 bits per heavy atom. The first-order valence-electron chi connectivity index (χ1n) is 5.17. The second kappa shape index (κ2) is 5.97. The lowest BCUT2D eigenvalue weighted by atomic mass is 10.3. The van der Waals surface area contributed by atoms with E-state index in [2.05, 4.69) is 18.7 Å². The summed E-state index contributed by atoms with van der Waals surface area (Å²) in [5.74, 6) is 0.266. The van der Waals surface area contributed by atoms with Gasteiger partial charge in [-0.05, 0) is 13.8 Å². The molecule has 1 amide bonds. The van der Waals surface area contributed by atoms with E-state index in [1.165, 1.54) is 0 Å². The lowest BCUT2D eigenvalue weighted by Gasteiger charge is -2.44. The third-order valence-corrected chi connectivity index (χ3v) is 2.09. The Balaban J connectivity index is 0.000000671. The highest BCUT2D eigenvalue weighted by molar-refractivity contribution is 5.76. The molecule has 78 valence electrons. The van der Waals surface area contributed by atoms with Crippen LogP contribution in [0.3, 0.4) is 0 Å². The fourth-order valence-corrected chi connectivity index (χ4v) is 1.11. The fraction of sp³-hybridized carbons (Fsp3) is 0.900. The lowest BCUT2D eigenvalue weighted by molar-refractivity contribution is -0.149. The van der Waals surface area contributed by atoms with E-state index in [9.17, 15) is 4.79 Å². The molecule has 1 aliphatic heterocycles. The maximum atomic E-state index is 11.1. The zero-order valence-electron chi connectivity index (χ0n) is 9.50. The number of carbonyl (C=O) groups excluding carboxylic acids is 1. The van der Waals surface area contributed by atoms with E-state index in [0.29, 0.717) is 12.5 Å². The van der Waals surface area contributed by atoms with Gasteiger partial charge in [-0.25, -0.2) is 0 Å². The normalized spacial score (nSPS) is 16.3. The second-order valence-corrected chi connectivity index (χ2v) is 3.25. The summed E-state index contributed by atoms with van der Waals surface area (Å²) in [5.41, 5.74) is 0. The van der Waals surface area contributed by atoms with Gasteiger partial charge < -0.3 is 4.90 Å². The summed E-state index contributed by atoms with van der Waals surface area (Å²) in [6, 6.07) is 0.566. The van der Waals surface area contributed by atoms with E-state index in [1.807, 2.05) is 25.7 Å². The Labute approximate surface area is 81.7 Å². The molecule has 3 heteroatoms. The lowest BCUT2D eigenvalue weighted by Crippen LogP contribution is -2.59. The Morgan fingerprint density at radius 3 is 2.08 bits per heavy atom. The van der Waals surface area contributed by atoms with E-state index in [4.69, 9.17) is 0 Å². The molecular weight excluding hydrogens is 164 g/mol. The van der Waals surface area contributed by atoms with Crippen molar-refractivity contribution in [2.75, 3.05) is 13.3 Å². The highest BCUT2D eigenvalue weighted by Crippen LogP contribution is 2.13. The van der Waals surface area contributed by atoms with E-state index in [-0.39, 0.29) is 5.91 Å². The van der Waals surface area contributed by atoms with Gasteiger partial charge in [-0.1, -0.05) is 20.8 Å². The van der Waals surface area contributed by atoms with E-state index in [0.717, 1.165) is 13.3 Å². The van der Waals surface area contributed by atoms with Crippen LogP contribution in [0.4, 0.5) is 0 Å². The summed E-state index contributed by atoms with van der Waals surface area (Å²) in [5, 5.41) is 0. The standard InChI is InChI=1S/C8H16N2O.C2H6/c1-4-8(11)10-5-9(6-10)7(2)3;1-2/h7H,4-6H2,1-3H3;1-2H3. The van der Waals surface area contributed by atoms with Gasteiger partial charge >= 0.3 is 0 Å². The molecule has 0 unspecified atom stereocenters. The minimum Gasteiger partial charge on any atom is -0.317 e. The third kappa shape index (κ3) is 3.35. The monoisotopic (exact) mass is 186 g/mol. The molecular formula is C10H22N2O. The largest absolute Gasteiger partial charge is 0.317 e. The molecule has 1 saturated heterocycles. The Kier molecular flexibility index (Phi) is 5.71. The molecule has 0 atom stereocenters. The molecule has 0 radical (unpaired) electrons. The van der Waals surface area contributed by atoms with Crippen molar-refractivity contribution < 1.29 is 4.79 Å².